The fourth-order valence-electron chi connectivity index (χ4n) is 2.41. The van der Waals surface area contributed by atoms with E-state index in [9.17, 15) is 9.59 Å². The van der Waals surface area contributed by atoms with Crippen LogP contribution < -0.4 is 10.9 Å². The summed E-state index contributed by atoms with van der Waals surface area (Å²) in [6.07, 6.45) is 0.714. The predicted molar refractivity (Wildman–Crippen MR) is 97.1 cm³/mol. The van der Waals surface area contributed by atoms with Crippen molar-refractivity contribution in [3.63, 3.8) is 0 Å². The second-order valence-corrected chi connectivity index (χ2v) is 6.21. The summed E-state index contributed by atoms with van der Waals surface area (Å²) in [6, 6.07) is 5.03. The Labute approximate surface area is 145 Å². The van der Waals surface area contributed by atoms with Gasteiger partial charge in [-0.25, -0.2) is 0 Å². The molecule has 0 bridgehead atoms. The van der Waals surface area contributed by atoms with Crippen LogP contribution in [0.25, 0.3) is 10.9 Å². The normalized spacial score (nSPS) is 11.2. The van der Waals surface area contributed by atoms with Crippen molar-refractivity contribution < 1.29 is 9.53 Å². The van der Waals surface area contributed by atoms with E-state index in [0.717, 1.165) is 0 Å². The first-order chi connectivity index (χ1) is 11.4. The molecular formula is C17H23N3O3S. The van der Waals surface area contributed by atoms with Gasteiger partial charge in [0.15, 0.2) is 4.77 Å². The maximum Gasteiger partial charge on any atom is 0.262 e. The molecule has 6 nitrogen and oxygen atoms in total. The summed E-state index contributed by atoms with van der Waals surface area (Å²) in [5, 5.41) is 3.34. The standard InChI is InChI=1S/C17H23N3O3S/c1-4-23-9-5-8-20-16(22)13-7-6-12(15(21)18-11(2)3)10-14(13)19-17(20)24/h6-7,10-11H,4-5,8-9H2,1-3H3,(H,18,21)(H,19,24). The van der Waals surface area contributed by atoms with E-state index in [-0.39, 0.29) is 17.5 Å². The van der Waals surface area contributed by atoms with Crippen LogP contribution in [0.4, 0.5) is 0 Å². The van der Waals surface area contributed by atoms with Crippen molar-refractivity contribution in [2.24, 2.45) is 0 Å². The van der Waals surface area contributed by atoms with Gasteiger partial charge in [0.25, 0.3) is 11.5 Å². The largest absolute Gasteiger partial charge is 0.382 e. The molecule has 0 saturated carbocycles. The lowest BCUT2D eigenvalue weighted by Crippen LogP contribution is -2.30. The van der Waals surface area contributed by atoms with Crippen molar-refractivity contribution in [2.75, 3.05) is 13.2 Å². The summed E-state index contributed by atoms with van der Waals surface area (Å²) in [5.41, 5.74) is 0.916. The summed E-state index contributed by atoms with van der Waals surface area (Å²) in [4.78, 5) is 27.7. The van der Waals surface area contributed by atoms with Gasteiger partial charge in [-0.3, -0.25) is 14.2 Å². The topological polar surface area (TPSA) is 76.1 Å². The van der Waals surface area contributed by atoms with Crippen LogP contribution in [0.1, 0.15) is 37.6 Å². The number of hydrogen-bond donors (Lipinski definition) is 2. The number of aromatic nitrogens is 2. The van der Waals surface area contributed by atoms with E-state index in [4.69, 9.17) is 17.0 Å². The third-order valence-electron chi connectivity index (χ3n) is 3.54. The van der Waals surface area contributed by atoms with Gasteiger partial charge in [0.1, 0.15) is 0 Å². The molecule has 130 valence electrons. The number of fused-ring (bicyclic) bond motifs is 1. The van der Waals surface area contributed by atoms with Gasteiger partial charge in [0.05, 0.1) is 10.9 Å². The Balaban J connectivity index is 2.34. The van der Waals surface area contributed by atoms with Crippen molar-refractivity contribution in [1.82, 2.24) is 14.9 Å². The maximum atomic E-state index is 12.6. The molecule has 1 aromatic heterocycles. The third-order valence-corrected chi connectivity index (χ3v) is 3.86. The number of nitrogens with one attached hydrogen (secondary N) is 2. The summed E-state index contributed by atoms with van der Waals surface area (Å²) in [7, 11) is 0. The summed E-state index contributed by atoms with van der Waals surface area (Å²) in [6.45, 7) is 7.46. The van der Waals surface area contributed by atoms with Gasteiger partial charge in [-0.1, -0.05) is 0 Å². The number of hydrogen-bond acceptors (Lipinski definition) is 4. The molecule has 0 unspecified atom stereocenters. The van der Waals surface area contributed by atoms with Gasteiger partial charge in [-0.15, -0.1) is 0 Å². The Morgan fingerprint density at radius 3 is 2.83 bits per heavy atom. The Bertz CT molecular complexity index is 839. The summed E-state index contributed by atoms with van der Waals surface area (Å²) < 4.78 is 7.18. The molecule has 1 heterocycles. The Morgan fingerprint density at radius 1 is 1.42 bits per heavy atom. The molecule has 0 atom stereocenters. The molecule has 1 amide bonds. The van der Waals surface area contributed by atoms with E-state index in [1.807, 2.05) is 20.8 Å². The third kappa shape index (κ3) is 4.30. The van der Waals surface area contributed by atoms with E-state index in [0.29, 0.717) is 47.4 Å². The Kier molecular flexibility index (Phi) is 6.28. The molecule has 1 aromatic carbocycles. The Hall–Kier alpha value is -1.99. The average Bonchev–Trinajstić information content (AvgIpc) is 2.52. The minimum Gasteiger partial charge on any atom is -0.382 e. The van der Waals surface area contributed by atoms with Crippen LogP contribution in [0.3, 0.4) is 0 Å². The zero-order valence-corrected chi connectivity index (χ0v) is 15.0. The van der Waals surface area contributed by atoms with Crippen molar-refractivity contribution in [3.8, 4) is 0 Å². The summed E-state index contributed by atoms with van der Waals surface area (Å²) in [5.74, 6) is -0.174. The molecule has 2 rings (SSSR count). The molecule has 0 radical (unpaired) electrons. The van der Waals surface area contributed by atoms with Crippen molar-refractivity contribution >= 4 is 29.0 Å². The number of nitrogens with zero attached hydrogens (tertiary/aromatic N) is 1. The number of carbonyl (C=O) groups excluding carboxylic acids is 1. The van der Waals surface area contributed by atoms with E-state index < -0.39 is 0 Å². The molecule has 0 spiro atoms. The first kappa shape index (κ1) is 18.4. The second-order valence-electron chi connectivity index (χ2n) is 5.83. The van der Waals surface area contributed by atoms with Crippen LogP contribution in [-0.2, 0) is 11.3 Å². The highest BCUT2D eigenvalue weighted by Gasteiger charge is 2.11. The smallest absolute Gasteiger partial charge is 0.262 e. The van der Waals surface area contributed by atoms with Gasteiger partial charge in [0, 0.05) is 31.4 Å². The van der Waals surface area contributed by atoms with Crippen LogP contribution in [0.2, 0.25) is 0 Å². The minimum atomic E-state index is -0.174. The average molecular weight is 349 g/mol. The molecule has 0 aliphatic rings. The number of ether oxygens (including phenoxy) is 1. The van der Waals surface area contributed by atoms with Gasteiger partial charge in [-0.2, -0.15) is 0 Å². The van der Waals surface area contributed by atoms with E-state index >= 15 is 0 Å². The lowest BCUT2D eigenvalue weighted by Gasteiger charge is -2.11. The van der Waals surface area contributed by atoms with Crippen LogP contribution in [0.15, 0.2) is 23.0 Å². The minimum absolute atomic E-state index is 0.0463. The number of aromatic amines is 1. The number of benzene rings is 1. The van der Waals surface area contributed by atoms with Gasteiger partial charge in [0.2, 0.25) is 0 Å². The van der Waals surface area contributed by atoms with Crippen LogP contribution in [-0.4, -0.2) is 34.7 Å². The van der Waals surface area contributed by atoms with Crippen molar-refractivity contribution in [1.29, 1.82) is 0 Å². The summed E-state index contributed by atoms with van der Waals surface area (Å²) >= 11 is 5.29. The quantitative estimate of drug-likeness (QED) is 0.595. The highest BCUT2D eigenvalue weighted by atomic mass is 32.1. The van der Waals surface area contributed by atoms with E-state index in [1.165, 1.54) is 4.57 Å². The number of amides is 1. The van der Waals surface area contributed by atoms with Gasteiger partial charge < -0.3 is 15.0 Å². The fourth-order valence-corrected chi connectivity index (χ4v) is 2.70. The SMILES string of the molecule is CCOCCCn1c(=S)[nH]c2cc(C(=O)NC(C)C)ccc2c1=O. The van der Waals surface area contributed by atoms with E-state index in [1.54, 1.807) is 18.2 Å². The molecule has 2 aromatic rings. The van der Waals surface area contributed by atoms with Crippen molar-refractivity contribution in [2.45, 2.75) is 39.8 Å². The highest BCUT2D eigenvalue weighted by molar-refractivity contribution is 7.71. The molecule has 0 saturated heterocycles. The zero-order chi connectivity index (χ0) is 17.7. The highest BCUT2D eigenvalue weighted by Crippen LogP contribution is 2.11. The Morgan fingerprint density at radius 2 is 2.17 bits per heavy atom. The molecule has 0 aliphatic heterocycles. The molecule has 0 aliphatic carbocycles. The maximum absolute atomic E-state index is 12.6. The predicted octanol–water partition coefficient (Wildman–Crippen LogP) is 2.62. The number of rotatable bonds is 7. The monoisotopic (exact) mass is 349 g/mol. The van der Waals surface area contributed by atoms with Gasteiger partial charge in [-0.05, 0) is 57.6 Å². The van der Waals surface area contributed by atoms with Crippen LogP contribution in [0.5, 0.6) is 0 Å². The lowest BCUT2D eigenvalue weighted by molar-refractivity contribution is 0.0943. The molecule has 2 N–H and O–H groups in total. The molecule has 24 heavy (non-hydrogen) atoms. The fraction of sp³-hybridized carbons (Fsp3) is 0.471. The zero-order valence-electron chi connectivity index (χ0n) is 14.2. The number of carbonyl (C=O) groups is 1. The number of H-pyrrole nitrogens is 1. The second kappa shape index (κ2) is 8.21. The molecule has 7 heteroatoms. The lowest BCUT2D eigenvalue weighted by atomic mass is 10.1. The van der Waals surface area contributed by atoms with E-state index in [2.05, 4.69) is 10.3 Å². The first-order valence-corrected chi connectivity index (χ1v) is 8.50. The first-order valence-electron chi connectivity index (χ1n) is 8.09. The van der Waals surface area contributed by atoms with Crippen LogP contribution >= 0.6 is 12.2 Å². The van der Waals surface area contributed by atoms with Crippen LogP contribution in [0, 0.1) is 4.77 Å². The van der Waals surface area contributed by atoms with Gasteiger partial charge >= 0.3 is 0 Å². The molecule has 0 fully saturated rings. The molecular weight excluding hydrogens is 326 g/mol. The van der Waals surface area contributed by atoms with Crippen molar-refractivity contribution in [3.05, 3.63) is 38.9 Å².